The topological polar surface area (TPSA) is 55.8 Å². The molecule has 7 heteroatoms. The van der Waals surface area contributed by atoms with Gasteiger partial charge >= 0.3 is 5.97 Å². The first kappa shape index (κ1) is 27.4. The molecule has 1 fully saturated rings. The molecule has 1 aliphatic heterocycles. The molecule has 1 heterocycles. The van der Waals surface area contributed by atoms with Crippen LogP contribution in [0.25, 0.3) is 0 Å². The van der Waals surface area contributed by atoms with Gasteiger partial charge in [-0.15, -0.1) is 0 Å². The Morgan fingerprint density at radius 1 is 1.05 bits per heavy atom. The van der Waals surface area contributed by atoms with Gasteiger partial charge in [-0.3, -0.25) is 4.79 Å². The second-order valence-corrected chi connectivity index (χ2v) is 10.3. The fraction of sp³-hybridized carbons (Fsp3) is 0.400. The van der Waals surface area contributed by atoms with Crippen LogP contribution in [0.2, 0.25) is 10.0 Å². The number of allylic oxidation sites excluding steroid dienone is 3. The Morgan fingerprint density at radius 3 is 2.27 bits per heavy atom. The maximum atomic E-state index is 14.2. The number of hydrogen-bond acceptors (Lipinski definition) is 4. The van der Waals surface area contributed by atoms with Crippen molar-refractivity contribution in [3.05, 3.63) is 93.5 Å². The number of nitrogens with zero attached hydrogens (tertiary/aromatic N) is 1. The van der Waals surface area contributed by atoms with Crippen molar-refractivity contribution in [3.8, 4) is 0 Å². The number of carbonyl (C=O) groups excluding carboxylic acids is 2. The molecule has 1 amide bonds. The smallest absolute Gasteiger partial charge is 0.328 e. The summed E-state index contributed by atoms with van der Waals surface area (Å²) in [5.41, 5.74) is 2.87. The first-order valence-corrected chi connectivity index (χ1v) is 13.7. The van der Waals surface area contributed by atoms with Crippen molar-refractivity contribution < 1.29 is 19.1 Å². The van der Waals surface area contributed by atoms with E-state index in [1.54, 1.807) is 24.0 Å². The standard InChI is InChI=1S/C30H33Cl2NO4/c1-3-8-25(30(35)36-4-2)33-27(21-11-15-23(31)16-12-21)28(22-13-17-24(32)18-14-22)37-26(29(33)34)19-20-9-6-5-7-10-20/h5-6,9,11-18,25-28H,3-4,7-8,10,19H2,1-2H3/t25-,26+,27-,28+/m1/s1. The van der Waals surface area contributed by atoms with Crippen LogP contribution in [-0.4, -0.2) is 35.5 Å². The summed E-state index contributed by atoms with van der Waals surface area (Å²) in [6.07, 6.45) is 8.44. The molecule has 2 aromatic carbocycles. The third kappa shape index (κ3) is 6.46. The fourth-order valence-electron chi connectivity index (χ4n) is 5.09. The molecule has 37 heavy (non-hydrogen) atoms. The number of morpholine rings is 1. The Bertz CT molecular complexity index is 1140. The van der Waals surface area contributed by atoms with Crippen molar-refractivity contribution in [2.45, 2.75) is 70.2 Å². The number of rotatable bonds is 9. The zero-order chi connectivity index (χ0) is 26.4. The SMILES string of the molecule is CCC[C@H](C(=O)OCC)N1C(=O)[C@H](CC2=CC=CCC2)O[C@@H](c2ccc(Cl)cc2)[C@H]1c1ccc(Cl)cc1. The number of hydrogen-bond donors (Lipinski definition) is 0. The van der Waals surface area contributed by atoms with E-state index < -0.39 is 30.3 Å². The van der Waals surface area contributed by atoms with E-state index in [4.69, 9.17) is 32.7 Å². The Labute approximate surface area is 229 Å². The van der Waals surface area contributed by atoms with Gasteiger partial charge in [0.2, 0.25) is 0 Å². The van der Waals surface area contributed by atoms with Gasteiger partial charge in [-0.1, -0.05) is 84.6 Å². The van der Waals surface area contributed by atoms with Crippen molar-refractivity contribution >= 4 is 35.1 Å². The fourth-order valence-corrected chi connectivity index (χ4v) is 5.35. The van der Waals surface area contributed by atoms with Gasteiger partial charge in [-0.2, -0.15) is 0 Å². The highest BCUT2D eigenvalue weighted by Crippen LogP contribution is 2.45. The lowest BCUT2D eigenvalue weighted by molar-refractivity contribution is -0.186. The number of esters is 1. The highest BCUT2D eigenvalue weighted by atomic mass is 35.5. The van der Waals surface area contributed by atoms with Crippen molar-refractivity contribution in [1.82, 2.24) is 4.90 Å². The lowest BCUT2D eigenvalue weighted by atomic mass is 9.88. The lowest BCUT2D eigenvalue weighted by Gasteiger charge is -2.47. The normalized spacial score (nSPS) is 22.5. The van der Waals surface area contributed by atoms with Crippen LogP contribution in [-0.2, 0) is 19.1 Å². The van der Waals surface area contributed by atoms with Gasteiger partial charge < -0.3 is 14.4 Å². The van der Waals surface area contributed by atoms with Gasteiger partial charge in [0.05, 0.1) is 12.6 Å². The molecular formula is C30H33Cl2NO4. The number of ether oxygens (including phenoxy) is 2. The summed E-state index contributed by atoms with van der Waals surface area (Å²) in [6.45, 7) is 4.02. The lowest BCUT2D eigenvalue weighted by Crippen LogP contribution is -2.57. The Balaban J connectivity index is 1.84. The number of amides is 1. The molecule has 5 nitrogen and oxygen atoms in total. The van der Waals surface area contributed by atoms with Gasteiger partial charge in [0.15, 0.2) is 0 Å². The largest absolute Gasteiger partial charge is 0.464 e. The van der Waals surface area contributed by atoms with E-state index in [-0.39, 0.29) is 12.5 Å². The monoisotopic (exact) mass is 541 g/mol. The molecule has 0 aromatic heterocycles. The average molecular weight is 543 g/mol. The minimum Gasteiger partial charge on any atom is -0.464 e. The predicted octanol–water partition coefficient (Wildman–Crippen LogP) is 7.40. The zero-order valence-corrected chi connectivity index (χ0v) is 22.8. The second kappa shape index (κ2) is 12.8. The van der Waals surface area contributed by atoms with Crippen molar-refractivity contribution in [1.29, 1.82) is 0 Å². The first-order chi connectivity index (χ1) is 17.9. The molecule has 1 saturated heterocycles. The molecule has 4 atom stereocenters. The minimum atomic E-state index is -0.737. The summed E-state index contributed by atoms with van der Waals surface area (Å²) in [6, 6.07) is 13.6. The van der Waals surface area contributed by atoms with Crippen molar-refractivity contribution in [2.24, 2.45) is 0 Å². The highest BCUT2D eigenvalue weighted by Gasteiger charge is 2.48. The van der Waals surface area contributed by atoms with Crippen LogP contribution in [0, 0.1) is 0 Å². The minimum absolute atomic E-state index is 0.202. The molecule has 2 aromatic rings. The quantitative estimate of drug-likeness (QED) is 0.310. The van der Waals surface area contributed by atoms with Gasteiger partial charge in [0.25, 0.3) is 5.91 Å². The summed E-state index contributed by atoms with van der Waals surface area (Å²) in [5.74, 6) is -0.598. The van der Waals surface area contributed by atoms with Crippen LogP contribution in [0.15, 0.2) is 72.3 Å². The maximum absolute atomic E-state index is 14.2. The number of halogens is 2. The molecule has 2 aliphatic rings. The summed E-state index contributed by atoms with van der Waals surface area (Å²) in [5, 5.41) is 1.20. The van der Waals surface area contributed by atoms with E-state index in [0.29, 0.717) is 29.3 Å². The van der Waals surface area contributed by atoms with Crippen LogP contribution in [0.4, 0.5) is 0 Å². The van der Waals surface area contributed by atoms with Crippen LogP contribution in [0.1, 0.15) is 69.2 Å². The van der Waals surface area contributed by atoms with Crippen LogP contribution >= 0.6 is 23.2 Å². The molecule has 0 radical (unpaired) electrons. The van der Waals surface area contributed by atoms with E-state index >= 15 is 0 Å². The van der Waals surface area contributed by atoms with E-state index in [1.807, 2.05) is 49.4 Å². The second-order valence-electron chi connectivity index (χ2n) is 9.39. The summed E-state index contributed by atoms with van der Waals surface area (Å²) in [4.78, 5) is 29.2. The summed E-state index contributed by atoms with van der Waals surface area (Å²) < 4.78 is 12.1. The summed E-state index contributed by atoms with van der Waals surface area (Å²) in [7, 11) is 0. The Kier molecular flexibility index (Phi) is 9.47. The van der Waals surface area contributed by atoms with E-state index in [1.165, 1.54) is 0 Å². The van der Waals surface area contributed by atoms with Gasteiger partial charge in [0.1, 0.15) is 18.2 Å². The third-order valence-electron chi connectivity index (χ3n) is 6.84. The Morgan fingerprint density at radius 2 is 1.70 bits per heavy atom. The van der Waals surface area contributed by atoms with E-state index in [2.05, 4.69) is 12.2 Å². The summed E-state index contributed by atoms with van der Waals surface area (Å²) >= 11 is 12.4. The predicted molar refractivity (Wildman–Crippen MR) is 147 cm³/mol. The van der Waals surface area contributed by atoms with Crippen molar-refractivity contribution in [2.75, 3.05) is 6.61 Å². The molecule has 4 rings (SSSR count). The molecule has 0 N–H and O–H groups in total. The molecule has 196 valence electrons. The molecule has 0 saturated carbocycles. The van der Waals surface area contributed by atoms with Gasteiger partial charge in [-0.25, -0.2) is 4.79 Å². The van der Waals surface area contributed by atoms with Crippen LogP contribution in [0.3, 0.4) is 0 Å². The maximum Gasteiger partial charge on any atom is 0.328 e. The highest BCUT2D eigenvalue weighted by molar-refractivity contribution is 6.30. The molecule has 0 unspecified atom stereocenters. The van der Waals surface area contributed by atoms with E-state index in [9.17, 15) is 9.59 Å². The van der Waals surface area contributed by atoms with E-state index in [0.717, 1.165) is 29.5 Å². The van der Waals surface area contributed by atoms with Crippen LogP contribution in [0.5, 0.6) is 0 Å². The van der Waals surface area contributed by atoms with Crippen LogP contribution < -0.4 is 0 Å². The molecular weight excluding hydrogens is 509 g/mol. The molecule has 0 bridgehead atoms. The Hall–Kier alpha value is -2.60. The average Bonchev–Trinajstić information content (AvgIpc) is 2.90. The van der Waals surface area contributed by atoms with Gasteiger partial charge in [-0.05, 0) is 61.6 Å². The molecule has 1 aliphatic carbocycles. The number of carbonyl (C=O) groups is 2. The number of benzene rings is 2. The van der Waals surface area contributed by atoms with Gasteiger partial charge in [0, 0.05) is 16.5 Å². The first-order valence-electron chi connectivity index (χ1n) is 12.9. The zero-order valence-electron chi connectivity index (χ0n) is 21.2. The molecule has 0 spiro atoms. The third-order valence-corrected chi connectivity index (χ3v) is 7.35. The van der Waals surface area contributed by atoms with Crippen molar-refractivity contribution in [3.63, 3.8) is 0 Å².